The minimum atomic E-state index is -0.601. The van der Waals surface area contributed by atoms with Crippen molar-refractivity contribution >= 4 is 17.6 Å². The molecule has 164 valence electrons. The van der Waals surface area contributed by atoms with Gasteiger partial charge in [-0.1, -0.05) is 24.3 Å². The lowest BCUT2D eigenvalue weighted by Gasteiger charge is -2.22. The van der Waals surface area contributed by atoms with E-state index in [0.29, 0.717) is 22.6 Å². The number of para-hydroxylation sites is 1. The Hall–Kier alpha value is -3.92. The number of anilines is 1. The van der Waals surface area contributed by atoms with Crippen molar-refractivity contribution in [2.24, 2.45) is 0 Å². The monoisotopic (exact) mass is 430 g/mol. The molecule has 0 radical (unpaired) electrons. The van der Waals surface area contributed by atoms with Gasteiger partial charge in [0.25, 0.3) is 5.91 Å². The van der Waals surface area contributed by atoms with Gasteiger partial charge in [0.15, 0.2) is 6.61 Å². The zero-order chi connectivity index (χ0) is 23.3. The average molecular weight is 431 g/mol. The van der Waals surface area contributed by atoms with E-state index >= 15 is 0 Å². The molecule has 0 saturated heterocycles. The number of rotatable bonds is 7. The van der Waals surface area contributed by atoms with Gasteiger partial charge in [-0.2, -0.15) is 10.4 Å². The van der Waals surface area contributed by atoms with Crippen molar-refractivity contribution < 1.29 is 14.3 Å². The molecule has 7 nitrogen and oxygen atoms in total. The molecule has 0 aliphatic rings. The molecule has 7 heteroatoms. The van der Waals surface area contributed by atoms with Crippen LogP contribution in [0.1, 0.15) is 39.3 Å². The number of nitrogens with zero attached hydrogens (tertiary/aromatic N) is 4. The van der Waals surface area contributed by atoms with Crippen LogP contribution in [-0.2, 0) is 9.53 Å². The number of aromatic nitrogens is 2. The highest BCUT2D eigenvalue weighted by atomic mass is 16.5. The summed E-state index contributed by atoms with van der Waals surface area (Å²) < 4.78 is 7.06. The van der Waals surface area contributed by atoms with Crippen LogP contribution in [0, 0.1) is 39.0 Å². The minimum absolute atomic E-state index is 0.175. The molecular formula is C25H26N4O3. The number of benzene rings is 2. The Bertz CT molecular complexity index is 1160. The quantitative estimate of drug-likeness (QED) is 0.524. The van der Waals surface area contributed by atoms with E-state index in [1.165, 1.54) is 4.90 Å². The van der Waals surface area contributed by atoms with Gasteiger partial charge in [0, 0.05) is 12.2 Å². The number of nitriles is 1. The molecular weight excluding hydrogens is 404 g/mol. The normalized spacial score (nSPS) is 10.5. The third-order valence-electron chi connectivity index (χ3n) is 5.09. The van der Waals surface area contributed by atoms with Crippen LogP contribution in [0.2, 0.25) is 0 Å². The first-order chi connectivity index (χ1) is 15.3. The van der Waals surface area contributed by atoms with Crippen LogP contribution in [0.25, 0.3) is 5.69 Å². The van der Waals surface area contributed by atoms with E-state index in [0.717, 1.165) is 16.8 Å². The topological polar surface area (TPSA) is 88.2 Å². The third-order valence-corrected chi connectivity index (χ3v) is 5.09. The van der Waals surface area contributed by atoms with Crippen LogP contribution >= 0.6 is 0 Å². The van der Waals surface area contributed by atoms with Gasteiger partial charge in [-0.3, -0.25) is 4.79 Å². The van der Waals surface area contributed by atoms with Gasteiger partial charge in [-0.05, 0) is 63.1 Å². The Morgan fingerprint density at radius 2 is 1.72 bits per heavy atom. The highest BCUT2D eigenvalue weighted by molar-refractivity contribution is 5.98. The Labute approximate surface area is 187 Å². The summed E-state index contributed by atoms with van der Waals surface area (Å²) in [5.74, 6) is -0.986. The summed E-state index contributed by atoms with van der Waals surface area (Å²) in [6.07, 6.45) is 0.175. The lowest BCUT2D eigenvalue weighted by atomic mass is 10.1. The van der Waals surface area contributed by atoms with E-state index in [1.807, 2.05) is 62.4 Å². The number of hydrogen-bond donors (Lipinski definition) is 0. The van der Waals surface area contributed by atoms with Crippen LogP contribution in [0.5, 0.6) is 0 Å². The third kappa shape index (κ3) is 5.03. The van der Waals surface area contributed by atoms with Crippen LogP contribution in [0.4, 0.5) is 5.69 Å². The van der Waals surface area contributed by atoms with Crippen LogP contribution in [0.3, 0.4) is 0 Å². The summed E-state index contributed by atoms with van der Waals surface area (Å²) in [7, 11) is 0. The van der Waals surface area contributed by atoms with Gasteiger partial charge in [0.1, 0.15) is 5.56 Å². The zero-order valence-corrected chi connectivity index (χ0v) is 18.8. The number of aryl methyl sites for hydroxylation is 3. The van der Waals surface area contributed by atoms with Crippen molar-refractivity contribution in [2.75, 3.05) is 18.1 Å². The SMILES string of the molecule is Cc1cc(C)cc(N(CCC#N)C(=O)COC(=O)c2c(C)nn(-c3ccccc3)c2C)c1. The highest BCUT2D eigenvalue weighted by Crippen LogP contribution is 2.21. The standard InChI is InChI=1S/C25H26N4O3/c1-17-13-18(2)15-22(14-17)28(12-8-11-26)23(30)16-32-25(31)24-19(3)27-29(20(24)4)21-9-6-5-7-10-21/h5-7,9-10,13-15H,8,12,16H2,1-4H3. The molecule has 0 N–H and O–H groups in total. The van der Waals surface area contributed by atoms with E-state index in [-0.39, 0.29) is 18.9 Å². The van der Waals surface area contributed by atoms with Crippen molar-refractivity contribution in [2.45, 2.75) is 34.1 Å². The second-order valence-electron chi connectivity index (χ2n) is 7.67. The van der Waals surface area contributed by atoms with Crippen molar-refractivity contribution in [1.29, 1.82) is 5.26 Å². The maximum Gasteiger partial charge on any atom is 0.342 e. The van der Waals surface area contributed by atoms with Crippen molar-refractivity contribution in [3.63, 3.8) is 0 Å². The van der Waals surface area contributed by atoms with Gasteiger partial charge in [-0.15, -0.1) is 0 Å². The predicted octanol–water partition coefficient (Wildman–Crippen LogP) is 4.21. The fourth-order valence-corrected chi connectivity index (χ4v) is 3.70. The number of ether oxygens (including phenoxy) is 1. The first-order valence-corrected chi connectivity index (χ1v) is 10.4. The first kappa shape index (κ1) is 22.8. The number of hydrogen-bond acceptors (Lipinski definition) is 5. The molecule has 1 aromatic heterocycles. The maximum absolute atomic E-state index is 12.9. The molecule has 3 rings (SSSR count). The lowest BCUT2D eigenvalue weighted by molar-refractivity contribution is -0.121. The van der Waals surface area contributed by atoms with Crippen LogP contribution < -0.4 is 4.90 Å². The lowest BCUT2D eigenvalue weighted by Crippen LogP contribution is -2.35. The first-order valence-electron chi connectivity index (χ1n) is 10.4. The number of amides is 1. The van der Waals surface area contributed by atoms with E-state index in [9.17, 15) is 9.59 Å². The molecule has 0 fully saturated rings. The molecule has 2 aromatic carbocycles. The molecule has 0 spiro atoms. The van der Waals surface area contributed by atoms with Gasteiger partial charge >= 0.3 is 5.97 Å². The van der Waals surface area contributed by atoms with Gasteiger partial charge in [0.2, 0.25) is 0 Å². The van der Waals surface area contributed by atoms with E-state index in [4.69, 9.17) is 10.00 Å². The van der Waals surface area contributed by atoms with E-state index in [2.05, 4.69) is 11.2 Å². The molecule has 1 heterocycles. The van der Waals surface area contributed by atoms with E-state index in [1.54, 1.807) is 18.5 Å². The van der Waals surface area contributed by atoms with E-state index < -0.39 is 12.6 Å². The second-order valence-corrected chi connectivity index (χ2v) is 7.67. The highest BCUT2D eigenvalue weighted by Gasteiger charge is 2.23. The van der Waals surface area contributed by atoms with Crippen LogP contribution in [0.15, 0.2) is 48.5 Å². The largest absolute Gasteiger partial charge is 0.452 e. The Balaban J connectivity index is 1.77. The Morgan fingerprint density at radius 1 is 1.06 bits per heavy atom. The molecule has 0 bridgehead atoms. The number of esters is 1. The smallest absolute Gasteiger partial charge is 0.342 e. The summed E-state index contributed by atoms with van der Waals surface area (Å²) >= 11 is 0. The molecule has 0 atom stereocenters. The van der Waals surface area contributed by atoms with Crippen LogP contribution in [-0.4, -0.2) is 34.8 Å². The predicted molar refractivity (Wildman–Crippen MR) is 122 cm³/mol. The Kier molecular flexibility index (Phi) is 7.06. The summed E-state index contributed by atoms with van der Waals surface area (Å²) in [5.41, 5.74) is 5.04. The molecule has 0 aliphatic heterocycles. The molecule has 0 saturated carbocycles. The summed E-state index contributed by atoms with van der Waals surface area (Å²) in [6.45, 7) is 7.21. The Morgan fingerprint density at radius 3 is 2.34 bits per heavy atom. The number of carbonyl (C=O) groups excluding carboxylic acids is 2. The van der Waals surface area contributed by atoms with Crippen molar-refractivity contribution in [1.82, 2.24) is 9.78 Å². The summed E-state index contributed by atoms with van der Waals surface area (Å²) in [4.78, 5) is 27.2. The second kappa shape index (κ2) is 9.92. The molecule has 3 aromatic rings. The molecule has 32 heavy (non-hydrogen) atoms. The fourth-order valence-electron chi connectivity index (χ4n) is 3.70. The zero-order valence-electron chi connectivity index (χ0n) is 18.8. The molecule has 0 aliphatic carbocycles. The summed E-state index contributed by atoms with van der Waals surface area (Å²) in [6, 6.07) is 17.3. The number of carbonyl (C=O) groups is 2. The summed E-state index contributed by atoms with van der Waals surface area (Å²) in [5, 5.41) is 13.5. The molecule has 1 amide bonds. The molecule has 0 unspecified atom stereocenters. The van der Waals surface area contributed by atoms with Crippen molar-refractivity contribution in [3.8, 4) is 11.8 Å². The fraction of sp³-hybridized carbons (Fsp3) is 0.280. The maximum atomic E-state index is 12.9. The van der Waals surface area contributed by atoms with Crippen molar-refractivity contribution in [3.05, 3.63) is 76.6 Å². The average Bonchev–Trinajstić information content (AvgIpc) is 3.06. The minimum Gasteiger partial charge on any atom is -0.452 e. The van der Waals surface area contributed by atoms with Gasteiger partial charge in [-0.25, -0.2) is 9.48 Å². The van der Waals surface area contributed by atoms with Gasteiger partial charge < -0.3 is 9.64 Å². The van der Waals surface area contributed by atoms with Gasteiger partial charge in [0.05, 0.1) is 29.6 Å².